The summed E-state index contributed by atoms with van der Waals surface area (Å²) in [5.74, 6) is 0.483. The number of benzene rings is 1. The van der Waals surface area contributed by atoms with Crippen LogP contribution in [0.25, 0.3) is 0 Å². The highest BCUT2D eigenvalue weighted by Gasteiger charge is 2.43. The molecule has 0 radical (unpaired) electrons. The molecule has 1 aliphatic rings. The van der Waals surface area contributed by atoms with Crippen molar-refractivity contribution in [3.63, 3.8) is 0 Å². The van der Waals surface area contributed by atoms with E-state index in [4.69, 9.17) is 10.5 Å². The van der Waals surface area contributed by atoms with Crippen molar-refractivity contribution >= 4 is 5.97 Å². The Morgan fingerprint density at radius 3 is 2.63 bits per heavy atom. The number of esters is 1. The smallest absolute Gasteiger partial charge is 0.313 e. The Morgan fingerprint density at radius 2 is 2.11 bits per heavy atom. The summed E-state index contributed by atoms with van der Waals surface area (Å²) in [7, 11) is 1.46. The Kier molecular flexibility index (Phi) is 4.25. The number of nitrogens with two attached hydrogens (primary N) is 1. The van der Waals surface area contributed by atoms with E-state index >= 15 is 0 Å². The van der Waals surface area contributed by atoms with Crippen LogP contribution in [0, 0.1) is 18.3 Å². The zero-order chi connectivity index (χ0) is 13.9. The number of hydrogen-bond donors (Lipinski definition) is 1. The highest BCUT2D eigenvalue weighted by molar-refractivity contribution is 5.77. The predicted octanol–water partition coefficient (Wildman–Crippen LogP) is 2.46. The number of ether oxygens (including phenoxy) is 1. The molecule has 0 amide bonds. The van der Waals surface area contributed by atoms with E-state index in [2.05, 4.69) is 19.1 Å². The van der Waals surface area contributed by atoms with Crippen molar-refractivity contribution in [3.8, 4) is 0 Å². The van der Waals surface area contributed by atoms with Crippen molar-refractivity contribution in [2.45, 2.75) is 32.6 Å². The fraction of sp³-hybridized carbons (Fsp3) is 0.562. The number of rotatable bonds is 6. The van der Waals surface area contributed by atoms with Crippen molar-refractivity contribution in [1.29, 1.82) is 0 Å². The van der Waals surface area contributed by atoms with Crippen LogP contribution in [0.4, 0.5) is 0 Å². The van der Waals surface area contributed by atoms with Crippen LogP contribution in [0.5, 0.6) is 0 Å². The molecule has 1 saturated carbocycles. The molecule has 0 spiro atoms. The first kappa shape index (κ1) is 14.1. The molecule has 3 heteroatoms. The fourth-order valence-corrected chi connectivity index (χ4v) is 2.73. The first-order valence-corrected chi connectivity index (χ1v) is 6.94. The highest BCUT2D eigenvalue weighted by atomic mass is 16.5. The van der Waals surface area contributed by atoms with Gasteiger partial charge in [0.05, 0.1) is 12.5 Å². The zero-order valence-corrected chi connectivity index (χ0v) is 11.8. The first-order chi connectivity index (χ1) is 9.11. The van der Waals surface area contributed by atoms with Crippen LogP contribution >= 0.6 is 0 Å². The maximum absolute atomic E-state index is 12.2. The van der Waals surface area contributed by atoms with Gasteiger partial charge in [-0.1, -0.05) is 37.1 Å². The minimum atomic E-state index is -0.554. The molecule has 1 aromatic carbocycles. The van der Waals surface area contributed by atoms with Crippen LogP contribution in [0.3, 0.4) is 0 Å². The summed E-state index contributed by atoms with van der Waals surface area (Å²) >= 11 is 0. The molecule has 1 aromatic rings. The fourth-order valence-electron chi connectivity index (χ4n) is 2.73. The van der Waals surface area contributed by atoms with Crippen molar-refractivity contribution in [2.75, 3.05) is 13.7 Å². The molecule has 1 atom stereocenters. The molecule has 2 rings (SSSR count). The van der Waals surface area contributed by atoms with Gasteiger partial charge in [-0.2, -0.15) is 0 Å². The summed E-state index contributed by atoms with van der Waals surface area (Å²) in [6.45, 7) is 2.43. The van der Waals surface area contributed by atoms with Gasteiger partial charge in [0.2, 0.25) is 0 Å². The maximum Gasteiger partial charge on any atom is 0.313 e. The molecule has 19 heavy (non-hydrogen) atoms. The third kappa shape index (κ3) is 3.16. The molecule has 0 heterocycles. The third-order valence-corrected chi connectivity index (χ3v) is 4.18. The lowest BCUT2D eigenvalue weighted by Crippen LogP contribution is -2.42. The van der Waals surface area contributed by atoms with Crippen LogP contribution in [0.2, 0.25) is 0 Å². The summed E-state index contributed by atoms with van der Waals surface area (Å²) in [6.07, 6.45) is 3.96. The molecule has 0 aromatic heterocycles. The number of aryl methyl sites for hydroxylation is 1. The lowest BCUT2D eigenvalue weighted by atomic mass is 9.76. The molecule has 1 fully saturated rings. The average molecular weight is 261 g/mol. The Morgan fingerprint density at radius 1 is 1.42 bits per heavy atom. The molecule has 0 aliphatic heterocycles. The lowest BCUT2D eigenvalue weighted by molar-refractivity contribution is -0.153. The molecule has 1 aliphatic carbocycles. The minimum Gasteiger partial charge on any atom is -0.469 e. The summed E-state index contributed by atoms with van der Waals surface area (Å²) in [4.78, 5) is 12.2. The molecule has 2 N–H and O–H groups in total. The Bertz CT molecular complexity index is 454. The number of hydrogen-bond acceptors (Lipinski definition) is 3. The van der Waals surface area contributed by atoms with E-state index in [0.29, 0.717) is 18.9 Å². The van der Waals surface area contributed by atoms with Gasteiger partial charge in [-0.15, -0.1) is 0 Å². The van der Waals surface area contributed by atoms with Gasteiger partial charge < -0.3 is 10.5 Å². The van der Waals surface area contributed by atoms with Crippen LogP contribution < -0.4 is 5.73 Å². The van der Waals surface area contributed by atoms with Crippen LogP contribution in [-0.2, 0) is 16.0 Å². The number of carbonyl (C=O) groups is 1. The summed E-state index contributed by atoms with van der Waals surface area (Å²) < 4.78 is 5.03. The quantitative estimate of drug-likeness (QED) is 0.800. The van der Waals surface area contributed by atoms with E-state index in [0.717, 1.165) is 6.42 Å². The molecule has 1 unspecified atom stereocenters. The SMILES string of the molecule is COC(=O)C(CN)(Cc1ccccc1C)CC1CC1. The van der Waals surface area contributed by atoms with E-state index in [-0.39, 0.29) is 5.97 Å². The van der Waals surface area contributed by atoms with Gasteiger partial charge in [-0.25, -0.2) is 0 Å². The lowest BCUT2D eigenvalue weighted by Gasteiger charge is -2.30. The average Bonchev–Trinajstić information content (AvgIpc) is 3.23. The number of carbonyl (C=O) groups excluding carboxylic acids is 1. The zero-order valence-electron chi connectivity index (χ0n) is 11.8. The van der Waals surface area contributed by atoms with Crippen LogP contribution in [0.1, 0.15) is 30.4 Å². The number of methoxy groups -OCH3 is 1. The standard InChI is InChI=1S/C16H23NO2/c1-12-5-3-4-6-14(12)10-16(11-17,15(18)19-2)9-13-7-8-13/h3-6,13H,7-11,17H2,1-2H3. The van der Waals surface area contributed by atoms with Gasteiger partial charge in [0.15, 0.2) is 0 Å². The minimum absolute atomic E-state index is 0.162. The first-order valence-electron chi connectivity index (χ1n) is 6.94. The molecule has 104 valence electrons. The Balaban J connectivity index is 2.25. The Labute approximate surface area is 115 Å². The van der Waals surface area contributed by atoms with Gasteiger partial charge in [0.25, 0.3) is 0 Å². The third-order valence-electron chi connectivity index (χ3n) is 4.18. The second kappa shape index (κ2) is 5.74. The summed E-state index contributed by atoms with van der Waals surface area (Å²) in [5.41, 5.74) is 7.81. The van der Waals surface area contributed by atoms with E-state index in [1.54, 1.807) is 0 Å². The van der Waals surface area contributed by atoms with Gasteiger partial charge >= 0.3 is 5.97 Å². The highest BCUT2D eigenvalue weighted by Crippen LogP contribution is 2.42. The summed E-state index contributed by atoms with van der Waals surface area (Å²) in [5, 5.41) is 0. The normalized spacial score (nSPS) is 17.8. The van der Waals surface area contributed by atoms with E-state index in [9.17, 15) is 4.79 Å². The molecule has 0 bridgehead atoms. The van der Waals surface area contributed by atoms with Crippen molar-refractivity contribution in [1.82, 2.24) is 0 Å². The van der Waals surface area contributed by atoms with Gasteiger partial charge in [0.1, 0.15) is 0 Å². The van der Waals surface area contributed by atoms with E-state index in [1.807, 2.05) is 12.1 Å². The summed E-state index contributed by atoms with van der Waals surface area (Å²) in [6, 6.07) is 8.18. The molecular formula is C16H23NO2. The van der Waals surface area contributed by atoms with E-state index in [1.165, 1.54) is 31.1 Å². The maximum atomic E-state index is 12.2. The van der Waals surface area contributed by atoms with Crippen molar-refractivity contribution in [2.24, 2.45) is 17.1 Å². The van der Waals surface area contributed by atoms with Crippen LogP contribution in [0.15, 0.2) is 24.3 Å². The van der Waals surface area contributed by atoms with Crippen molar-refractivity contribution in [3.05, 3.63) is 35.4 Å². The Hall–Kier alpha value is -1.35. The van der Waals surface area contributed by atoms with Gasteiger partial charge in [0, 0.05) is 6.54 Å². The topological polar surface area (TPSA) is 52.3 Å². The predicted molar refractivity (Wildman–Crippen MR) is 75.7 cm³/mol. The monoisotopic (exact) mass is 261 g/mol. The second-order valence-electron chi connectivity index (χ2n) is 5.73. The van der Waals surface area contributed by atoms with Gasteiger partial charge in [-0.3, -0.25) is 4.79 Å². The van der Waals surface area contributed by atoms with Crippen LogP contribution in [-0.4, -0.2) is 19.6 Å². The molecular weight excluding hydrogens is 238 g/mol. The molecule has 3 nitrogen and oxygen atoms in total. The molecule has 0 saturated heterocycles. The van der Waals surface area contributed by atoms with Gasteiger partial charge in [-0.05, 0) is 36.8 Å². The largest absolute Gasteiger partial charge is 0.469 e. The van der Waals surface area contributed by atoms with Crippen molar-refractivity contribution < 1.29 is 9.53 Å². The van der Waals surface area contributed by atoms with E-state index < -0.39 is 5.41 Å². The second-order valence-corrected chi connectivity index (χ2v) is 5.73.